The Kier molecular flexibility index (Phi) is 3.61. The van der Waals surface area contributed by atoms with Crippen molar-refractivity contribution < 1.29 is 22.4 Å². The Hall–Kier alpha value is -3.00. The van der Waals surface area contributed by atoms with E-state index in [2.05, 4.69) is 9.88 Å². The lowest BCUT2D eigenvalue weighted by Crippen LogP contribution is -2.12. The molecule has 0 bridgehead atoms. The molecule has 3 aromatic rings. The third-order valence-corrected chi connectivity index (χ3v) is 5.10. The van der Waals surface area contributed by atoms with Crippen molar-refractivity contribution >= 4 is 15.9 Å². The minimum absolute atomic E-state index is 0.0809. The lowest BCUT2D eigenvalue weighted by Gasteiger charge is -2.07. The van der Waals surface area contributed by atoms with Crippen molar-refractivity contribution in [3.8, 4) is 22.6 Å². The summed E-state index contributed by atoms with van der Waals surface area (Å²) in [5.74, 6) is 1.46. The summed E-state index contributed by atoms with van der Waals surface area (Å²) in [7, 11) is -3.74. The number of aromatic nitrogens is 1. The standard InChI is InChI=1S/C17H14N2O5S/c1-11-8-17(24-18-11)19-25(20,21)14-5-2-12(3-6-14)13-4-7-15-16(9-13)23-10-22-15/h2-9,19H,10H2,1H3. The maximum absolute atomic E-state index is 12.4. The molecule has 128 valence electrons. The minimum Gasteiger partial charge on any atom is -0.454 e. The monoisotopic (exact) mass is 358 g/mol. The van der Waals surface area contributed by atoms with Crippen LogP contribution in [0.3, 0.4) is 0 Å². The summed E-state index contributed by atoms with van der Waals surface area (Å²) in [6.07, 6.45) is 0. The van der Waals surface area contributed by atoms with Gasteiger partial charge in [-0.05, 0) is 42.3 Å². The summed E-state index contributed by atoms with van der Waals surface area (Å²) in [5, 5.41) is 3.65. The Labute approximate surface area is 144 Å². The van der Waals surface area contributed by atoms with Crippen LogP contribution in [0.15, 0.2) is 57.9 Å². The third kappa shape index (κ3) is 3.03. The summed E-state index contributed by atoms with van der Waals surface area (Å²) in [6.45, 7) is 1.92. The van der Waals surface area contributed by atoms with Crippen LogP contribution in [0.1, 0.15) is 5.69 Å². The maximum Gasteiger partial charge on any atom is 0.264 e. The number of fused-ring (bicyclic) bond motifs is 1. The van der Waals surface area contributed by atoms with Crippen LogP contribution in [0.25, 0.3) is 11.1 Å². The fourth-order valence-corrected chi connectivity index (χ4v) is 3.48. The Morgan fingerprint density at radius 2 is 1.68 bits per heavy atom. The molecule has 2 aromatic carbocycles. The summed E-state index contributed by atoms with van der Waals surface area (Å²) in [5.41, 5.74) is 2.37. The molecule has 0 saturated carbocycles. The molecule has 1 aliphatic rings. The van der Waals surface area contributed by atoms with Crippen molar-refractivity contribution in [3.63, 3.8) is 0 Å². The van der Waals surface area contributed by atoms with Gasteiger partial charge in [-0.25, -0.2) is 13.1 Å². The highest BCUT2D eigenvalue weighted by atomic mass is 32.2. The molecule has 0 spiro atoms. The number of nitrogens with one attached hydrogen (secondary N) is 1. The Balaban J connectivity index is 1.59. The molecule has 1 aliphatic heterocycles. The second-order valence-corrected chi connectivity index (χ2v) is 7.21. The number of nitrogens with zero attached hydrogens (tertiary/aromatic N) is 1. The fraction of sp³-hybridized carbons (Fsp3) is 0.118. The van der Waals surface area contributed by atoms with E-state index in [4.69, 9.17) is 14.0 Å². The molecule has 0 radical (unpaired) electrons. The average molecular weight is 358 g/mol. The molecular weight excluding hydrogens is 344 g/mol. The number of ether oxygens (including phenoxy) is 2. The van der Waals surface area contributed by atoms with E-state index in [9.17, 15) is 8.42 Å². The SMILES string of the molecule is Cc1cc(NS(=O)(=O)c2ccc(-c3ccc4c(c3)OCO4)cc2)on1. The number of sulfonamides is 1. The van der Waals surface area contributed by atoms with E-state index in [0.29, 0.717) is 17.2 Å². The molecule has 0 amide bonds. The van der Waals surface area contributed by atoms with E-state index >= 15 is 0 Å². The summed E-state index contributed by atoms with van der Waals surface area (Å²) in [6, 6.07) is 13.6. The second kappa shape index (κ2) is 5.82. The topological polar surface area (TPSA) is 90.7 Å². The van der Waals surface area contributed by atoms with Gasteiger partial charge in [0.1, 0.15) is 0 Å². The highest BCUT2D eigenvalue weighted by Gasteiger charge is 2.17. The van der Waals surface area contributed by atoms with Crippen LogP contribution < -0.4 is 14.2 Å². The predicted octanol–water partition coefficient (Wildman–Crippen LogP) is 3.18. The number of hydrogen-bond acceptors (Lipinski definition) is 6. The van der Waals surface area contributed by atoms with Gasteiger partial charge in [0, 0.05) is 6.07 Å². The lowest BCUT2D eigenvalue weighted by atomic mass is 10.1. The molecule has 0 aliphatic carbocycles. The van der Waals surface area contributed by atoms with Crippen LogP contribution in [0.4, 0.5) is 5.88 Å². The van der Waals surface area contributed by atoms with E-state index in [1.54, 1.807) is 19.1 Å². The van der Waals surface area contributed by atoms with Crippen molar-refractivity contribution in [1.82, 2.24) is 5.16 Å². The molecule has 2 heterocycles. The van der Waals surface area contributed by atoms with Gasteiger partial charge in [-0.2, -0.15) is 0 Å². The quantitative estimate of drug-likeness (QED) is 0.770. The van der Waals surface area contributed by atoms with E-state index in [-0.39, 0.29) is 17.6 Å². The summed E-state index contributed by atoms with van der Waals surface area (Å²) >= 11 is 0. The number of rotatable bonds is 4. The first-order valence-corrected chi connectivity index (χ1v) is 8.96. The fourth-order valence-electron chi connectivity index (χ4n) is 2.51. The maximum atomic E-state index is 12.4. The first-order valence-electron chi connectivity index (χ1n) is 7.47. The molecule has 1 aromatic heterocycles. The van der Waals surface area contributed by atoms with Crippen molar-refractivity contribution in [2.75, 3.05) is 11.5 Å². The Morgan fingerprint density at radius 3 is 2.40 bits per heavy atom. The van der Waals surface area contributed by atoms with Gasteiger partial charge in [-0.1, -0.05) is 23.4 Å². The van der Waals surface area contributed by atoms with Crippen LogP contribution in [0.2, 0.25) is 0 Å². The number of hydrogen-bond donors (Lipinski definition) is 1. The first kappa shape index (κ1) is 15.5. The molecule has 0 unspecified atom stereocenters. The van der Waals surface area contributed by atoms with Gasteiger partial charge in [0.05, 0.1) is 10.6 Å². The largest absolute Gasteiger partial charge is 0.454 e. The van der Waals surface area contributed by atoms with Crippen molar-refractivity contribution in [2.24, 2.45) is 0 Å². The molecule has 7 nitrogen and oxygen atoms in total. The van der Waals surface area contributed by atoms with Gasteiger partial charge in [0.15, 0.2) is 11.5 Å². The lowest BCUT2D eigenvalue weighted by molar-refractivity contribution is 0.174. The molecule has 0 saturated heterocycles. The average Bonchev–Trinajstić information content (AvgIpc) is 3.22. The van der Waals surface area contributed by atoms with Crippen LogP contribution in [0.5, 0.6) is 11.5 Å². The van der Waals surface area contributed by atoms with Gasteiger partial charge in [0.2, 0.25) is 12.7 Å². The molecule has 8 heteroatoms. The smallest absolute Gasteiger partial charge is 0.264 e. The van der Waals surface area contributed by atoms with Gasteiger partial charge < -0.3 is 14.0 Å². The number of benzene rings is 2. The zero-order valence-corrected chi connectivity index (χ0v) is 14.0. The molecule has 0 atom stereocenters. The molecular formula is C17H14N2O5S. The van der Waals surface area contributed by atoms with Crippen LogP contribution in [0, 0.1) is 6.92 Å². The zero-order chi connectivity index (χ0) is 17.4. The van der Waals surface area contributed by atoms with E-state index in [0.717, 1.165) is 11.1 Å². The summed E-state index contributed by atoms with van der Waals surface area (Å²) in [4.78, 5) is 0.131. The van der Waals surface area contributed by atoms with E-state index in [1.807, 2.05) is 18.2 Å². The van der Waals surface area contributed by atoms with E-state index < -0.39 is 10.0 Å². The normalized spacial score (nSPS) is 13.0. The Bertz CT molecular complexity index is 1030. The Morgan fingerprint density at radius 1 is 0.960 bits per heavy atom. The second-order valence-electron chi connectivity index (χ2n) is 5.53. The van der Waals surface area contributed by atoms with Crippen LogP contribution >= 0.6 is 0 Å². The first-order chi connectivity index (χ1) is 12.0. The minimum atomic E-state index is -3.74. The third-order valence-electron chi connectivity index (χ3n) is 3.73. The summed E-state index contributed by atoms with van der Waals surface area (Å²) < 4.78 is 42.6. The van der Waals surface area contributed by atoms with Crippen LogP contribution in [-0.4, -0.2) is 20.4 Å². The molecule has 4 rings (SSSR count). The molecule has 25 heavy (non-hydrogen) atoms. The van der Waals surface area contributed by atoms with Gasteiger partial charge in [-0.3, -0.25) is 0 Å². The number of anilines is 1. The zero-order valence-electron chi connectivity index (χ0n) is 13.2. The van der Waals surface area contributed by atoms with Gasteiger partial charge in [0.25, 0.3) is 10.0 Å². The van der Waals surface area contributed by atoms with Gasteiger partial charge >= 0.3 is 0 Å². The van der Waals surface area contributed by atoms with Crippen molar-refractivity contribution in [3.05, 3.63) is 54.2 Å². The van der Waals surface area contributed by atoms with Crippen molar-refractivity contribution in [2.45, 2.75) is 11.8 Å². The van der Waals surface area contributed by atoms with Crippen molar-refractivity contribution in [1.29, 1.82) is 0 Å². The molecule has 0 fully saturated rings. The van der Waals surface area contributed by atoms with Crippen LogP contribution in [-0.2, 0) is 10.0 Å². The number of aryl methyl sites for hydroxylation is 1. The molecule has 1 N–H and O–H groups in total. The highest BCUT2D eigenvalue weighted by Crippen LogP contribution is 2.36. The predicted molar refractivity (Wildman–Crippen MR) is 90.0 cm³/mol. The van der Waals surface area contributed by atoms with E-state index in [1.165, 1.54) is 18.2 Å². The van der Waals surface area contributed by atoms with Gasteiger partial charge in [-0.15, -0.1) is 0 Å². The highest BCUT2D eigenvalue weighted by molar-refractivity contribution is 7.92.